The van der Waals surface area contributed by atoms with Gasteiger partial charge in [-0.25, -0.2) is 9.78 Å². The molecule has 2 fully saturated rings. The molecule has 32 heavy (non-hydrogen) atoms. The van der Waals surface area contributed by atoms with Crippen LogP contribution in [0.2, 0.25) is 0 Å². The van der Waals surface area contributed by atoms with Crippen molar-refractivity contribution >= 4 is 28.7 Å². The Morgan fingerprint density at radius 2 is 1.84 bits per heavy atom. The van der Waals surface area contributed by atoms with E-state index in [2.05, 4.69) is 27.5 Å². The number of hydrogen-bond acceptors (Lipinski definition) is 4. The van der Waals surface area contributed by atoms with Gasteiger partial charge in [0.15, 0.2) is 0 Å². The second kappa shape index (κ2) is 9.00. The molecule has 0 aliphatic carbocycles. The van der Waals surface area contributed by atoms with Crippen LogP contribution in [-0.2, 0) is 4.74 Å². The SMILES string of the molecule is O=C(Nc1cccc(C(=O)N2CCOCC2)c1)N1CCC(c2c[nH]c3ncccc23)CC1. The first-order valence-electron chi connectivity index (χ1n) is 11.1. The van der Waals surface area contributed by atoms with Crippen molar-refractivity contribution in [2.75, 3.05) is 44.7 Å². The number of pyridine rings is 1. The van der Waals surface area contributed by atoms with E-state index in [1.165, 1.54) is 5.56 Å². The molecule has 5 rings (SSSR count). The number of anilines is 1. The molecule has 1 aromatic carbocycles. The predicted octanol–water partition coefficient (Wildman–Crippen LogP) is 3.45. The summed E-state index contributed by atoms with van der Waals surface area (Å²) < 4.78 is 5.32. The van der Waals surface area contributed by atoms with Gasteiger partial charge in [0.25, 0.3) is 5.91 Å². The number of nitrogens with zero attached hydrogens (tertiary/aromatic N) is 3. The topological polar surface area (TPSA) is 90.6 Å². The van der Waals surface area contributed by atoms with Crippen LogP contribution in [0.4, 0.5) is 10.5 Å². The summed E-state index contributed by atoms with van der Waals surface area (Å²) >= 11 is 0. The first kappa shape index (κ1) is 20.5. The smallest absolute Gasteiger partial charge is 0.321 e. The Morgan fingerprint density at radius 3 is 2.66 bits per heavy atom. The molecule has 2 N–H and O–H groups in total. The van der Waals surface area contributed by atoms with Crippen molar-refractivity contribution in [3.8, 4) is 0 Å². The highest BCUT2D eigenvalue weighted by Crippen LogP contribution is 2.32. The normalized spacial score (nSPS) is 17.5. The number of carbonyl (C=O) groups excluding carboxylic acids is 2. The lowest BCUT2D eigenvalue weighted by Crippen LogP contribution is -2.41. The molecule has 0 spiro atoms. The quantitative estimate of drug-likeness (QED) is 0.662. The van der Waals surface area contributed by atoms with Gasteiger partial charge in [0.05, 0.1) is 13.2 Å². The van der Waals surface area contributed by atoms with Crippen molar-refractivity contribution in [2.24, 2.45) is 0 Å². The van der Waals surface area contributed by atoms with Crippen LogP contribution in [-0.4, -0.2) is 71.1 Å². The third kappa shape index (κ3) is 4.18. The van der Waals surface area contributed by atoms with Crippen molar-refractivity contribution in [1.29, 1.82) is 0 Å². The summed E-state index contributed by atoms with van der Waals surface area (Å²) in [4.78, 5) is 36.8. The summed E-state index contributed by atoms with van der Waals surface area (Å²) in [5.74, 6) is 0.380. The van der Waals surface area contributed by atoms with Crippen LogP contribution in [0.1, 0.15) is 34.7 Å². The fourth-order valence-corrected chi connectivity index (χ4v) is 4.59. The number of hydrogen-bond donors (Lipinski definition) is 2. The number of urea groups is 1. The maximum atomic E-state index is 12.8. The maximum absolute atomic E-state index is 12.8. The van der Waals surface area contributed by atoms with Crippen molar-refractivity contribution in [3.63, 3.8) is 0 Å². The van der Waals surface area contributed by atoms with Crippen LogP contribution < -0.4 is 5.32 Å². The molecule has 0 radical (unpaired) electrons. The number of amides is 3. The number of likely N-dealkylation sites (tertiary alicyclic amines) is 1. The summed E-state index contributed by atoms with van der Waals surface area (Å²) in [6, 6.07) is 11.1. The van der Waals surface area contributed by atoms with E-state index in [1.54, 1.807) is 29.3 Å². The van der Waals surface area contributed by atoms with E-state index in [4.69, 9.17) is 4.74 Å². The zero-order valence-corrected chi connectivity index (χ0v) is 17.9. The van der Waals surface area contributed by atoms with Crippen LogP contribution in [0.3, 0.4) is 0 Å². The number of aromatic nitrogens is 2. The van der Waals surface area contributed by atoms with E-state index >= 15 is 0 Å². The Hall–Kier alpha value is -3.39. The summed E-state index contributed by atoms with van der Waals surface area (Å²) in [6.07, 6.45) is 5.66. The number of nitrogens with one attached hydrogen (secondary N) is 2. The fraction of sp³-hybridized carbons (Fsp3) is 0.375. The Bertz CT molecular complexity index is 1110. The lowest BCUT2D eigenvalue weighted by atomic mass is 9.89. The van der Waals surface area contributed by atoms with Gasteiger partial charge in [-0.05, 0) is 54.7 Å². The molecule has 0 atom stereocenters. The van der Waals surface area contributed by atoms with Crippen LogP contribution in [0.5, 0.6) is 0 Å². The molecule has 8 heteroatoms. The number of fused-ring (bicyclic) bond motifs is 1. The number of piperidine rings is 1. The summed E-state index contributed by atoms with van der Waals surface area (Å²) in [7, 11) is 0. The van der Waals surface area contributed by atoms with Gasteiger partial charge >= 0.3 is 6.03 Å². The first-order chi connectivity index (χ1) is 15.7. The minimum Gasteiger partial charge on any atom is -0.378 e. The van der Waals surface area contributed by atoms with Gasteiger partial charge < -0.3 is 24.8 Å². The molecular formula is C24H27N5O3. The standard InChI is InChI=1S/C24H27N5O3/c30-23(28-11-13-32-14-12-28)18-3-1-4-19(15-18)27-24(31)29-9-6-17(7-10-29)21-16-26-22-20(21)5-2-8-25-22/h1-5,8,15-17H,6-7,9-14H2,(H,25,26)(H,27,31). The highest BCUT2D eigenvalue weighted by molar-refractivity contribution is 5.97. The van der Waals surface area contributed by atoms with E-state index in [-0.39, 0.29) is 11.9 Å². The van der Waals surface area contributed by atoms with Crippen LogP contribution >= 0.6 is 0 Å². The lowest BCUT2D eigenvalue weighted by Gasteiger charge is -2.32. The van der Waals surface area contributed by atoms with Gasteiger partial charge in [0, 0.05) is 55.2 Å². The van der Waals surface area contributed by atoms with Crippen molar-refractivity contribution in [3.05, 3.63) is 59.9 Å². The van der Waals surface area contributed by atoms with Gasteiger partial charge in [-0.3, -0.25) is 4.79 Å². The third-order valence-corrected chi connectivity index (χ3v) is 6.36. The molecule has 8 nitrogen and oxygen atoms in total. The highest BCUT2D eigenvalue weighted by atomic mass is 16.5. The van der Waals surface area contributed by atoms with Gasteiger partial charge in [0.1, 0.15) is 5.65 Å². The highest BCUT2D eigenvalue weighted by Gasteiger charge is 2.26. The maximum Gasteiger partial charge on any atom is 0.321 e. The van der Waals surface area contributed by atoms with Crippen molar-refractivity contribution in [2.45, 2.75) is 18.8 Å². The molecular weight excluding hydrogens is 406 g/mol. The average Bonchev–Trinajstić information content (AvgIpc) is 3.28. The zero-order valence-electron chi connectivity index (χ0n) is 17.9. The minimum atomic E-state index is -0.125. The Balaban J connectivity index is 1.19. The molecule has 3 aromatic rings. The van der Waals surface area contributed by atoms with E-state index in [1.807, 2.05) is 17.0 Å². The first-order valence-corrected chi connectivity index (χ1v) is 11.1. The third-order valence-electron chi connectivity index (χ3n) is 6.36. The van der Waals surface area contributed by atoms with Crippen LogP contribution in [0, 0.1) is 0 Å². The Labute approximate surface area is 186 Å². The number of benzene rings is 1. The van der Waals surface area contributed by atoms with Crippen LogP contribution in [0.15, 0.2) is 48.8 Å². The lowest BCUT2D eigenvalue weighted by molar-refractivity contribution is 0.0303. The second-order valence-electron chi connectivity index (χ2n) is 8.32. The van der Waals surface area contributed by atoms with E-state index < -0.39 is 0 Å². The zero-order chi connectivity index (χ0) is 21.9. The molecule has 4 heterocycles. The number of H-pyrrole nitrogens is 1. The number of rotatable bonds is 3. The summed E-state index contributed by atoms with van der Waals surface area (Å²) in [5.41, 5.74) is 3.41. The molecule has 2 aliphatic heterocycles. The summed E-state index contributed by atoms with van der Waals surface area (Å²) in [6.45, 7) is 3.69. The van der Waals surface area contributed by atoms with Gasteiger partial charge in [0.2, 0.25) is 0 Å². The van der Waals surface area contributed by atoms with E-state index in [0.29, 0.717) is 56.6 Å². The minimum absolute atomic E-state index is 0.0292. The largest absolute Gasteiger partial charge is 0.378 e. The van der Waals surface area contributed by atoms with Crippen molar-refractivity contribution < 1.29 is 14.3 Å². The Morgan fingerprint density at radius 1 is 1.03 bits per heavy atom. The van der Waals surface area contributed by atoms with Gasteiger partial charge in [-0.15, -0.1) is 0 Å². The van der Waals surface area contributed by atoms with E-state index in [0.717, 1.165) is 23.9 Å². The average molecular weight is 434 g/mol. The molecule has 3 amide bonds. The monoisotopic (exact) mass is 433 g/mol. The number of ether oxygens (including phenoxy) is 1. The molecule has 0 bridgehead atoms. The van der Waals surface area contributed by atoms with Gasteiger partial charge in [-0.1, -0.05) is 6.07 Å². The molecule has 2 saturated heterocycles. The van der Waals surface area contributed by atoms with Gasteiger partial charge in [-0.2, -0.15) is 0 Å². The fourth-order valence-electron chi connectivity index (χ4n) is 4.59. The Kier molecular flexibility index (Phi) is 5.77. The second-order valence-corrected chi connectivity index (χ2v) is 8.32. The number of aromatic amines is 1. The summed E-state index contributed by atoms with van der Waals surface area (Å²) in [5, 5.41) is 4.13. The van der Waals surface area contributed by atoms with Crippen molar-refractivity contribution in [1.82, 2.24) is 19.8 Å². The van der Waals surface area contributed by atoms with E-state index in [9.17, 15) is 9.59 Å². The molecule has 166 valence electrons. The molecule has 2 aromatic heterocycles. The number of morpholine rings is 1. The molecule has 2 aliphatic rings. The number of carbonyl (C=O) groups is 2. The molecule has 0 unspecified atom stereocenters. The van der Waals surface area contributed by atoms with Crippen LogP contribution in [0.25, 0.3) is 11.0 Å². The molecule has 0 saturated carbocycles. The predicted molar refractivity (Wildman–Crippen MR) is 122 cm³/mol.